The van der Waals surface area contributed by atoms with Crippen LogP contribution < -0.4 is 5.32 Å². The molecule has 0 aliphatic carbocycles. The molecule has 4 rings (SSSR count). The van der Waals surface area contributed by atoms with Gasteiger partial charge in [-0.1, -0.05) is 91.0 Å². The normalized spacial score (nSPS) is 16.7. The molecule has 1 unspecified atom stereocenters. The molecule has 1 saturated heterocycles. The van der Waals surface area contributed by atoms with Crippen molar-refractivity contribution in [3.63, 3.8) is 0 Å². The molecule has 1 aliphatic rings. The van der Waals surface area contributed by atoms with E-state index in [1.807, 2.05) is 66.7 Å². The van der Waals surface area contributed by atoms with Crippen molar-refractivity contribution in [3.05, 3.63) is 108 Å². The molecular weight excluding hydrogens is 360 g/mol. The number of carbonyl (C=O) groups excluding carboxylic acids is 1. The quantitative estimate of drug-likeness (QED) is 0.663. The smallest absolute Gasteiger partial charge is 0.408 e. The summed E-state index contributed by atoms with van der Waals surface area (Å²) in [6.45, 7) is 2.59. The molecule has 0 bridgehead atoms. The molecule has 1 atom stereocenters. The highest BCUT2D eigenvalue weighted by Crippen LogP contribution is 2.23. The molecule has 1 heterocycles. The maximum absolute atomic E-state index is 12.7. The number of amides is 1. The summed E-state index contributed by atoms with van der Waals surface area (Å²) in [6.07, 6.45) is 0.418. The Balaban J connectivity index is 1.36. The summed E-state index contributed by atoms with van der Waals surface area (Å²) >= 11 is 0. The van der Waals surface area contributed by atoms with Gasteiger partial charge in [0, 0.05) is 19.6 Å². The molecule has 29 heavy (non-hydrogen) atoms. The van der Waals surface area contributed by atoms with Crippen molar-refractivity contribution in [1.82, 2.24) is 10.2 Å². The zero-order valence-electron chi connectivity index (χ0n) is 16.4. The first-order chi connectivity index (χ1) is 14.3. The Kier molecular flexibility index (Phi) is 6.22. The Bertz CT molecular complexity index is 860. The topological polar surface area (TPSA) is 41.6 Å². The van der Waals surface area contributed by atoms with Gasteiger partial charge in [-0.2, -0.15) is 0 Å². The fourth-order valence-electron chi connectivity index (χ4n) is 3.83. The largest absolute Gasteiger partial charge is 0.445 e. The summed E-state index contributed by atoms with van der Waals surface area (Å²) in [4.78, 5) is 15.0. The third-order valence-corrected chi connectivity index (χ3v) is 5.28. The molecule has 3 aromatic carbocycles. The van der Waals surface area contributed by atoms with Crippen LogP contribution in [0.15, 0.2) is 91.0 Å². The number of alkyl carbamates (subject to hydrolysis) is 1. The Morgan fingerprint density at radius 3 is 2.03 bits per heavy atom. The van der Waals surface area contributed by atoms with Crippen LogP contribution in [0.25, 0.3) is 0 Å². The van der Waals surface area contributed by atoms with Gasteiger partial charge in [-0.25, -0.2) is 4.79 Å². The number of nitrogens with zero attached hydrogens (tertiary/aromatic N) is 1. The van der Waals surface area contributed by atoms with Crippen LogP contribution in [-0.2, 0) is 11.3 Å². The number of rotatable bonds is 6. The van der Waals surface area contributed by atoms with Gasteiger partial charge in [0.05, 0.1) is 6.04 Å². The first-order valence-corrected chi connectivity index (χ1v) is 10.1. The third-order valence-electron chi connectivity index (χ3n) is 5.28. The molecule has 1 N–H and O–H groups in total. The van der Waals surface area contributed by atoms with Gasteiger partial charge in [-0.3, -0.25) is 4.90 Å². The van der Waals surface area contributed by atoms with Gasteiger partial charge in [-0.05, 0) is 23.1 Å². The van der Waals surface area contributed by atoms with E-state index in [1.165, 1.54) is 5.56 Å². The number of likely N-dealkylation sites (tertiary alicyclic amines) is 1. The summed E-state index contributed by atoms with van der Waals surface area (Å²) in [5.41, 5.74) is 3.35. The summed E-state index contributed by atoms with van der Waals surface area (Å²) in [6, 6.07) is 30.1. The molecule has 4 nitrogen and oxygen atoms in total. The fourth-order valence-corrected chi connectivity index (χ4v) is 3.83. The van der Waals surface area contributed by atoms with Crippen LogP contribution in [0.3, 0.4) is 0 Å². The van der Waals surface area contributed by atoms with Gasteiger partial charge in [0.2, 0.25) is 0 Å². The van der Waals surface area contributed by atoms with Gasteiger partial charge in [-0.15, -0.1) is 0 Å². The minimum Gasteiger partial charge on any atom is -0.445 e. The third kappa shape index (κ3) is 5.24. The number of benzene rings is 3. The maximum atomic E-state index is 12.7. The average Bonchev–Trinajstić information content (AvgIpc) is 3.20. The van der Waals surface area contributed by atoms with Crippen LogP contribution in [0.5, 0.6) is 0 Å². The van der Waals surface area contributed by atoms with Crippen molar-refractivity contribution < 1.29 is 9.53 Å². The minimum absolute atomic E-state index is 0.0779. The lowest BCUT2D eigenvalue weighted by Gasteiger charge is -2.21. The van der Waals surface area contributed by atoms with Crippen molar-refractivity contribution in [3.8, 4) is 0 Å². The standard InChI is InChI=1S/C25H26N2O2/c28-25(29-23-16-17-27(19-23)18-20-10-4-1-5-11-20)26-24(21-12-6-2-7-13-21)22-14-8-3-9-15-22/h1-15,23-24H,16-19H2,(H,26,28). The van der Waals surface area contributed by atoms with E-state index in [2.05, 4.69) is 34.5 Å². The Labute approximate surface area is 172 Å². The van der Waals surface area contributed by atoms with E-state index < -0.39 is 0 Å². The molecule has 0 spiro atoms. The van der Waals surface area contributed by atoms with E-state index in [0.29, 0.717) is 0 Å². The number of hydrogen-bond acceptors (Lipinski definition) is 3. The summed E-state index contributed by atoms with van der Waals surface area (Å²) < 4.78 is 5.76. The highest BCUT2D eigenvalue weighted by Gasteiger charge is 2.27. The van der Waals surface area contributed by atoms with Gasteiger partial charge < -0.3 is 10.1 Å². The monoisotopic (exact) mass is 386 g/mol. The highest BCUT2D eigenvalue weighted by molar-refractivity contribution is 5.69. The first-order valence-electron chi connectivity index (χ1n) is 10.1. The Morgan fingerprint density at radius 2 is 1.45 bits per heavy atom. The zero-order chi connectivity index (χ0) is 19.9. The molecule has 0 radical (unpaired) electrons. The highest BCUT2D eigenvalue weighted by atomic mass is 16.6. The summed E-state index contributed by atoms with van der Waals surface area (Å²) in [7, 11) is 0. The van der Waals surface area contributed by atoms with E-state index in [1.54, 1.807) is 0 Å². The van der Waals surface area contributed by atoms with Crippen LogP contribution in [0.1, 0.15) is 29.2 Å². The Hall–Kier alpha value is -3.11. The number of nitrogens with one attached hydrogen (secondary N) is 1. The van der Waals surface area contributed by atoms with Crippen molar-refractivity contribution in [2.24, 2.45) is 0 Å². The van der Waals surface area contributed by atoms with E-state index in [9.17, 15) is 4.79 Å². The summed E-state index contributed by atoms with van der Waals surface area (Å²) in [5.74, 6) is 0. The van der Waals surface area contributed by atoms with Crippen molar-refractivity contribution in [2.45, 2.75) is 25.1 Å². The molecular formula is C25H26N2O2. The zero-order valence-corrected chi connectivity index (χ0v) is 16.4. The predicted octanol–water partition coefficient (Wildman–Crippen LogP) is 4.78. The number of hydrogen-bond donors (Lipinski definition) is 1. The van der Waals surface area contributed by atoms with Crippen molar-refractivity contribution in [1.29, 1.82) is 0 Å². The molecule has 0 saturated carbocycles. The molecule has 3 aromatic rings. The van der Waals surface area contributed by atoms with Crippen LogP contribution in [0, 0.1) is 0 Å². The van der Waals surface area contributed by atoms with E-state index in [4.69, 9.17) is 4.74 Å². The van der Waals surface area contributed by atoms with E-state index in [-0.39, 0.29) is 18.2 Å². The van der Waals surface area contributed by atoms with Crippen LogP contribution in [-0.4, -0.2) is 30.2 Å². The first kappa shape index (κ1) is 19.2. The van der Waals surface area contributed by atoms with Crippen molar-refractivity contribution >= 4 is 6.09 Å². The summed E-state index contributed by atoms with van der Waals surface area (Å²) in [5, 5.41) is 3.06. The number of carbonyl (C=O) groups is 1. The fraction of sp³-hybridized carbons (Fsp3) is 0.240. The molecule has 4 heteroatoms. The second-order valence-electron chi connectivity index (χ2n) is 7.44. The lowest BCUT2D eigenvalue weighted by atomic mass is 9.99. The molecule has 1 amide bonds. The molecule has 0 aromatic heterocycles. The van der Waals surface area contributed by atoms with Crippen molar-refractivity contribution in [2.75, 3.05) is 13.1 Å². The van der Waals surface area contributed by atoms with Gasteiger partial charge >= 0.3 is 6.09 Å². The lowest BCUT2D eigenvalue weighted by molar-refractivity contribution is 0.0981. The van der Waals surface area contributed by atoms with Gasteiger partial charge in [0.15, 0.2) is 0 Å². The average molecular weight is 386 g/mol. The molecule has 1 aliphatic heterocycles. The van der Waals surface area contributed by atoms with Gasteiger partial charge in [0.1, 0.15) is 6.10 Å². The predicted molar refractivity (Wildman–Crippen MR) is 114 cm³/mol. The Morgan fingerprint density at radius 1 is 0.897 bits per heavy atom. The second-order valence-corrected chi connectivity index (χ2v) is 7.44. The van der Waals surface area contributed by atoms with Crippen LogP contribution >= 0.6 is 0 Å². The van der Waals surface area contributed by atoms with E-state index >= 15 is 0 Å². The minimum atomic E-state index is -0.366. The van der Waals surface area contributed by atoms with E-state index in [0.717, 1.165) is 37.2 Å². The van der Waals surface area contributed by atoms with Crippen LogP contribution in [0.4, 0.5) is 4.79 Å². The lowest BCUT2D eigenvalue weighted by Crippen LogP contribution is -2.34. The van der Waals surface area contributed by atoms with Gasteiger partial charge in [0.25, 0.3) is 0 Å². The maximum Gasteiger partial charge on any atom is 0.408 e. The second kappa shape index (κ2) is 9.39. The molecule has 1 fully saturated rings. The SMILES string of the molecule is O=C(NC(c1ccccc1)c1ccccc1)OC1CCN(Cc2ccccc2)C1. The molecule has 148 valence electrons. The van der Waals surface area contributed by atoms with Crippen LogP contribution in [0.2, 0.25) is 0 Å². The number of ether oxygens (including phenoxy) is 1.